The quantitative estimate of drug-likeness (QED) is 0.159. The third-order valence-electron chi connectivity index (χ3n) is 6.01. The average Bonchev–Trinajstić information content (AvgIpc) is 3.21. The second kappa shape index (κ2) is 11.9. The number of fused-ring (bicyclic) bond motifs is 1. The number of rotatable bonds is 8. The zero-order valence-electron chi connectivity index (χ0n) is 21.5. The van der Waals surface area contributed by atoms with Crippen molar-refractivity contribution >= 4 is 57.3 Å². The Bertz CT molecular complexity index is 1650. The number of nitrogens with zero attached hydrogens (tertiary/aromatic N) is 1. The fourth-order valence-electron chi connectivity index (χ4n) is 4.18. The van der Waals surface area contributed by atoms with Crippen LogP contribution in [-0.2, 0) is 9.59 Å². The first-order valence-electron chi connectivity index (χ1n) is 12.5. The molecule has 8 nitrogen and oxygen atoms in total. The Kier molecular flexibility index (Phi) is 7.93. The molecule has 3 amide bonds. The molecule has 1 N–H and O–H groups in total. The minimum Gasteiger partial charge on any atom is -0.490 e. The standard InChI is InChI=1S/C31H24N2O6S/c1-2-38-26-17-20(15-16-25(26)39-30(36)24-14-8-10-21-9-6-7-13-23(21)24)18-27-29(35)33(31(37)40-27)19-28(34)32-22-11-4-3-5-12-22/h3-18H,2,19H2,1H3,(H,32,34)/b27-18-. The van der Waals surface area contributed by atoms with Gasteiger partial charge in [0.1, 0.15) is 6.54 Å². The molecule has 0 atom stereocenters. The molecule has 0 spiro atoms. The van der Waals surface area contributed by atoms with Crippen molar-refractivity contribution in [2.24, 2.45) is 0 Å². The van der Waals surface area contributed by atoms with E-state index >= 15 is 0 Å². The van der Waals surface area contributed by atoms with Gasteiger partial charge in [-0.3, -0.25) is 19.3 Å². The van der Waals surface area contributed by atoms with E-state index in [1.54, 1.807) is 67.6 Å². The predicted molar refractivity (Wildman–Crippen MR) is 154 cm³/mol. The zero-order chi connectivity index (χ0) is 28.1. The fourth-order valence-corrected chi connectivity index (χ4v) is 5.02. The monoisotopic (exact) mass is 552 g/mol. The van der Waals surface area contributed by atoms with Gasteiger partial charge in [-0.15, -0.1) is 0 Å². The molecule has 1 heterocycles. The molecule has 0 aromatic heterocycles. The molecule has 0 saturated carbocycles. The van der Waals surface area contributed by atoms with Crippen LogP contribution in [0.1, 0.15) is 22.8 Å². The Morgan fingerprint density at radius 2 is 1.65 bits per heavy atom. The average molecular weight is 553 g/mol. The van der Waals surface area contributed by atoms with Gasteiger partial charge in [0, 0.05) is 5.69 Å². The summed E-state index contributed by atoms with van der Waals surface area (Å²) < 4.78 is 11.4. The summed E-state index contributed by atoms with van der Waals surface area (Å²) >= 11 is 0.750. The van der Waals surface area contributed by atoms with E-state index in [9.17, 15) is 19.2 Å². The highest BCUT2D eigenvalue weighted by Gasteiger charge is 2.36. The first-order chi connectivity index (χ1) is 19.4. The van der Waals surface area contributed by atoms with Crippen LogP contribution in [0.2, 0.25) is 0 Å². The highest BCUT2D eigenvalue weighted by Crippen LogP contribution is 2.35. The molecule has 5 rings (SSSR count). The number of imide groups is 1. The highest BCUT2D eigenvalue weighted by atomic mass is 32.2. The SMILES string of the molecule is CCOc1cc(/C=C2\SC(=O)N(CC(=O)Nc3ccccc3)C2=O)ccc1OC(=O)c1cccc2ccccc12. The normalized spacial score (nSPS) is 14.0. The number of nitrogens with one attached hydrogen (secondary N) is 1. The summed E-state index contributed by atoms with van der Waals surface area (Å²) in [5, 5.41) is 3.83. The third-order valence-corrected chi connectivity index (χ3v) is 6.92. The third kappa shape index (κ3) is 5.89. The Hall–Kier alpha value is -4.89. The molecular weight excluding hydrogens is 528 g/mol. The topological polar surface area (TPSA) is 102 Å². The summed E-state index contributed by atoms with van der Waals surface area (Å²) in [6.45, 7) is 1.72. The Morgan fingerprint density at radius 1 is 0.900 bits per heavy atom. The number of ether oxygens (including phenoxy) is 2. The maximum atomic E-state index is 13.1. The number of para-hydroxylation sites is 1. The maximum Gasteiger partial charge on any atom is 0.344 e. The van der Waals surface area contributed by atoms with E-state index in [0.29, 0.717) is 29.2 Å². The number of carbonyl (C=O) groups excluding carboxylic acids is 4. The van der Waals surface area contributed by atoms with Crippen LogP contribution >= 0.6 is 11.8 Å². The largest absolute Gasteiger partial charge is 0.490 e. The molecule has 0 aliphatic carbocycles. The van der Waals surface area contributed by atoms with Gasteiger partial charge in [-0.2, -0.15) is 0 Å². The Morgan fingerprint density at radius 3 is 2.45 bits per heavy atom. The Balaban J connectivity index is 1.32. The molecule has 0 unspecified atom stereocenters. The molecule has 0 radical (unpaired) electrons. The van der Waals surface area contributed by atoms with Crippen LogP contribution < -0.4 is 14.8 Å². The van der Waals surface area contributed by atoms with E-state index in [2.05, 4.69) is 5.32 Å². The van der Waals surface area contributed by atoms with Crippen LogP contribution in [0.3, 0.4) is 0 Å². The fraction of sp³-hybridized carbons (Fsp3) is 0.0968. The smallest absolute Gasteiger partial charge is 0.344 e. The van der Waals surface area contributed by atoms with Crippen molar-refractivity contribution in [1.82, 2.24) is 4.90 Å². The van der Waals surface area contributed by atoms with Crippen LogP contribution in [0.25, 0.3) is 16.8 Å². The molecule has 1 aliphatic rings. The van der Waals surface area contributed by atoms with E-state index in [1.165, 1.54) is 0 Å². The van der Waals surface area contributed by atoms with E-state index in [4.69, 9.17) is 9.47 Å². The summed E-state index contributed by atoms with van der Waals surface area (Å²) in [6, 6.07) is 26.6. The minimum absolute atomic E-state index is 0.167. The number of hydrogen-bond donors (Lipinski definition) is 1. The van der Waals surface area contributed by atoms with Crippen LogP contribution in [0.4, 0.5) is 10.5 Å². The van der Waals surface area contributed by atoms with Crippen molar-refractivity contribution in [3.05, 3.63) is 107 Å². The van der Waals surface area contributed by atoms with Gasteiger partial charge in [0.2, 0.25) is 5.91 Å². The van der Waals surface area contributed by atoms with E-state index < -0.39 is 29.6 Å². The van der Waals surface area contributed by atoms with Crippen molar-refractivity contribution in [1.29, 1.82) is 0 Å². The number of anilines is 1. The molecular formula is C31H24N2O6S. The minimum atomic E-state index is -0.567. The van der Waals surface area contributed by atoms with Gasteiger partial charge in [0.25, 0.3) is 11.1 Å². The molecule has 40 heavy (non-hydrogen) atoms. The van der Waals surface area contributed by atoms with E-state index in [-0.39, 0.29) is 10.7 Å². The van der Waals surface area contributed by atoms with Gasteiger partial charge in [-0.05, 0) is 71.4 Å². The van der Waals surface area contributed by atoms with Crippen LogP contribution in [0.15, 0.2) is 95.9 Å². The maximum absolute atomic E-state index is 13.1. The summed E-state index contributed by atoms with van der Waals surface area (Å²) in [5.74, 6) is -1.04. The van der Waals surface area contributed by atoms with Gasteiger partial charge in [0.05, 0.1) is 17.1 Å². The lowest BCUT2D eigenvalue weighted by Gasteiger charge is -2.13. The lowest BCUT2D eigenvalue weighted by molar-refractivity contribution is -0.127. The lowest BCUT2D eigenvalue weighted by Crippen LogP contribution is -2.36. The van der Waals surface area contributed by atoms with E-state index in [0.717, 1.165) is 27.4 Å². The van der Waals surface area contributed by atoms with E-state index in [1.807, 2.05) is 36.4 Å². The van der Waals surface area contributed by atoms with Gasteiger partial charge < -0.3 is 14.8 Å². The number of carbonyl (C=O) groups is 4. The predicted octanol–water partition coefficient (Wildman–Crippen LogP) is 6.13. The summed E-state index contributed by atoms with van der Waals surface area (Å²) in [4.78, 5) is 52.0. The summed E-state index contributed by atoms with van der Waals surface area (Å²) in [5.41, 5.74) is 1.56. The van der Waals surface area contributed by atoms with Crippen LogP contribution in [0, 0.1) is 0 Å². The first-order valence-corrected chi connectivity index (χ1v) is 13.3. The van der Waals surface area contributed by atoms with Gasteiger partial charge in [-0.1, -0.05) is 60.7 Å². The number of amides is 3. The molecule has 1 fully saturated rings. The van der Waals surface area contributed by atoms with Gasteiger partial charge >= 0.3 is 5.97 Å². The van der Waals surface area contributed by atoms with Crippen molar-refractivity contribution in [2.45, 2.75) is 6.92 Å². The highest BCUT2D eigenvalue weighted by molar-refractivity contribution is 8.18. The number of benzene rings is 4. The number of esters is 1. The van der Waals surface area contributed by atoms with Crippen LogP contribution in [0.5, 0.6) is 11.5 Å². The lowest BCUT2D eigenvalue weighted by atomic mass is 10.0. The molecule has 0 bridgehead atoms. The molecule has 1 aliphatic heterocycles. The number of hydrogen-bond acceptors (Lipinski definition) is 7. The summed E-state index contributed by atoms with van der Waals surface area (Å²) in [6.07, 6.45) is 1.54. The zero-order valence-corrected chi connectivity index (χ0v) is 22.3. The summed E-state index contributed by atoms with van der Waals surface area (Å²) in [7, 11) is 0. The van der Waals surface area contributed by atoms with Crippen molar-refractivity contribution in [3.8, 4) is 11.5 Å². The first kappa shape index (κ1) is 26.7. The second-order valence-electron chi connectivity index (χ2n) is 8.74. The van der Waals surface area contributed by atoms with Gasteiger partial charge in [-0.25, -0.2) is 4.79 Å². The molecule has 4 aromatic rings. The molecule has 1 saturated heterocycles. The van der Waals surface area contributed by atoms with Crippen molar-refractivity contribution < 1.29 is 28.7 Å². The Labute approximate surface area is 234 Å². The number of thioether (sulfide) groups is 1. The van der Waals surface area contributed by atoms with Crippen molar-refractivity contribution in [3.63, 3.8) is 0 Å². The second-order valence-corrected chi connectivity index (χ2v) is 9.73. The molecule has 9 heteroatoms. The van der Waals surface area contributed by atoms with Crippen molar-refractivity contribution in [2.75, 3.05) is 18.5 Å². The van der Waals surface area contributed by atoms with Gasteiger partial charge in [0.15, 0.2) is 11.5 Å². The molecule has 4 aromatic carbocycles. The molecule has 200 valence electrons. The van der Waals surface area contributed by atoms with Crippen LogP contribution in [-0.4, -0.2) is 41.1 Å².